The number of aromatic hydroxyl groups is 2. The Morgan fingerprint density at radius 1 is 0.337 bits per heavy atom. The molecule has 95 heavy (non-hydrogen) atoms. The lowest BCUT2D eigenvalue weighted by Gasteiger charge is -2.22. The number of ether oxygens (including phenoxy) is 1. The first kappa shape index (κ1) is 86.3. The minimum Gasteiger partial charge on any atom is -0.508 e. The van der Waals surface area contributed by atoms with Crippen molar-refractivity contribution in [3.05, 3.63) is 262 Å². The van der Waals surface area contributed by atoms with Crippen LogP contribution in [-0.4, -0.2) is 22.3 Å². The predicted octanol–water partition coefficient (Wildman–Crippen LogP) is 24.9. The molecule has 5 nitrogen and oxygen atoms in total. The van der Waals surface area contributed by atoms with Crippen molar-refractivity contribution in [2.24, 2.45) is 0 Å². The zero-order valence-electron chi connectivity index (χ0n) is 60.4. The Kier molecular flexibility index (Phi) is 32.7. The van der Waals surface area contributed by atoms with E-state index >= 15 is 0 Å². The van der Waals surface area contributed by atoms with E-state index in [0.717, 1.165) is 51.0 Å². The molecule has 0 atom stereocenters. The van der Waals surface area contributed by atoms with Gasteiger partial charge in [-0.3, -0.25) is 4.79 Å². The summed E-state index contributed by atoms with van der Waals surface area (Å²) in [5.74, 6) is -3.27. The van der Waals surface area contributed by atoms with Crippen LogP contribution in [0.1, 0.15) is 211 Å². The molecule has 8 aromatic rings. The average molecular weight is 1380 g/mol. The summed E-state index contributed by atoms with van der Waals surface area (Å²) in [6.07, 6.45) is 1.77. The number of benzene rings is 7. The smallest absolute Gasteiger partial charge is 0.247 e. The molecule has 8 rings (SSSR count). The average Bonchev–Trinajstić information content (AvgIpc) is 0.818. The first-order chi connectivity index (χ1) is 43.0. The van der Waals surface area contributed by atoms with E-state index < -0.39 is 29.1 Å². The summed E-state index contributed by atoms with van der Waals surface area (Å²) in [6, 6.07) is 38.2. The number of hydrogen-bond acceptors (Lipinski definition) is 4. The Bertz CT molecular complexity index is 3500. The zero-order valence-corrected chi connectivity index (χ0v) is 62.7. The quantitative estimate of drug-likeness (QED) is 0.143. The predicted molar refractivity (Wildman–Crippen MR) is 386 cm³/mol. The van der Waals surface area contributed by atoms with Crippen LogP contribution in [0.15, 0.2) is 157 Å². The van der Waals surface area contributed by atoms with Crippen molar-refractivity contribution in [1.82, 2.24) is 4.98 Å². The minimum atomic E-state index is -0.789. The standard InChI is InChI=1S/C11H15FO2.C10H12Cl2.C10H13Cl.2C10H12F2.C10H13FO.C10H13F.C9H13NO/c1-11(2,3)10-8(12)5-7(13)6-9(10)14-4;1-10(2,3)8-5-4-7(11)6-9(8)12;1-10(2,3)8-4-6-9(11)7-5-8;1-10(2,3)8-5-4-7(11)6-9(8)12;1-10(2,3)7-4-5-8(11)9(12)6-7;1-10(2,3)8-5-4-7(12)6-9(8)11;1-10(2,3)8-4-6-9(11)7-5-8;1-9(2,3)7-4-5-8(11)10-6-7/h5-6,13H,1-4H3;4-6H,1-3H3;4-7H,1-3H3;2*4-6H,1-3H3;4-6,12H,1-3H3;4-7H,1-3H3;4-6H,1-3H3,(H,10,11). The number of phenolic OH excluding ortho intramolecular Hbond substituents is 2. The fourth-order valence-corrected chi connectivity index (χ4v) is 9.32. The van der Waals surface area contributed by atoms with Gasteiger partial charge in [-0.15, -0.1) is 0 Å². The molecule has 1 heterocycles. The van der Waals surface area contributed by atoms with Gasteiger partial charge in [0, 0.05) is 57.2 Å². The van der Waals surface area contributed by atoms with Crippen LogP contribution in [0.4, 0.5) is 30.7 Å². The molecule has 0 fully saturated rings. The Morgan fingerprint density at radius 2 is 0.726 bits per heavy atom. The molecule has 0 saturated carbocycles. The van der Waals surface area contributed by atoms with Crippen LogP contribution < -0.4 is 10.3 Å². The number of rotatable bonds is 1. The molecule has 0 aliphatic carbocycles. The number of aromatic nitrogens is 1. The van der Waals surface area contributed by atoms with Gasteiger partial charge in [0.25, 0.3) is 0 Å². The van der Waals surface area contributed by atoms with E-state index in [1.54, 1.807) is 30.5 Å². The van der Waals surface area contributed by atoms with Gasteiger partial charge < -0.3 is 19.9 Å². The van der Waals surface area contributed by atoms with Crippen LogP contribution in [0.5, 0.6) is 17.2 Å². The van der Waals surface area contributed by atoms with E-state index in [1.807, 2.05) is 126 Å². The van der Waals surface area contributed by atoms with Gasteiger partial charge in [-0.25, -0.2) is 30.7 Å². The summed E-state index contributed by atoms with van der Waals surface area (Å²) >= 11 is 17.6. The van der Waals surface area contributed by atoms with Gasteiger partial charge in [-0.05, 0) is 143 Å². The lowest BCUT2D eigenvalue weighted by atomic mass is 9.86. The largest absolute Gasteiger partial charge is 0.508 e. The highest BCUT2D eigenvalue weighted by molar-refractivity contribution is 6.35. The number of phenols is 2. The highest BCUT2D eigenvalue weighted by Crippen LogP contribution is 2.37. The van der Waals surface area contributed by atoms with Crippen molar-refractivity contribution in [3.63, 3.8) is 0 Å². The third kappa shape index (κ3) is 31.8. The fraction of sp³-hybridized carbons (Fsp3) is 0.412. The second-order valence-electron chi connectivity index (χ2n) is 31.0. The molecule has 0 spiro atoms. The number of nitrogens with one attached hydrogen (secondary N) is 1. The molecule has 15 heteroatoms. The van der Waals surface area contributed by atoms with Crippen LogP contribution in [-0.2, 0) is 43.3 Å². The number of halogens is 10. The van der Waals surface area contributed by atoms with E-state index in [9.17, 15) is 40.6 Å². The maximum Gasteiger partial charge on any atom is 0.247 e. The van der Waals surface area contributed by atoms with Gasteiger partial charge in [0.15, 0.2) is 11.6 Å². The summed E-state index contributed by atoms with van der Waals surface area (Å²) in [7, 11) is 1.46. The van der Waals surface area contributed by atoms with E-state index in [4.69, 9.17) is 44.6 Å². The SMILES string of the molecule is CC(C)(C)c1ccc(=O)[nH]c1.CC(C)(C)c1ccc(Cl)cc1.CC(C)(C)c1ccc(Cl)cc1Cl.CC(C)(C)c1ccc(F)c(F)c1.CC(C)(C)c1ccc(F)cc1.CC(C)(C)c1ccc(F)cc1F.CC(C)(C)c1ccc(O)cc1F.COc1cc(O)cc(F)c1C(C)(C)C. The highest BCUT2D eigenvalue weighted by atomic mass is 35.5. The molecule has 7 aromatic carbocycles. The Morgan fingerprint density at radius 3 is 1.11 bits per heavy atom. The first-order valence-electron chi connectivity index (χ1n) is 31.1. The summed E-state index contributed by atoms with van der Waals surface area (Å²) in [5, 5.41) is 20.4. The Balaban J connectivity index is 0.000000543. The van der Waals surface area contributed by atoms with Gasteiger partial charge in [-0.2, -0.15) is 0 Å². The molecule has 1 aromatic heterocycles. The van der Waals surface area contributed by atoms with Crippen molar-refractivity contribution in [1.29, 1.82) is 0 Å². The third-order valence-corrected chi connectivity index (χ3v) is 14.9. The molecule has 0 radical (unpaired) electrons. The van der Waals surface area contributed by atoms with Crippen molar-refractivity contribution in [2.75, 3.05) is 7.11 Å². The van der Waals surface area contributed by atoms with Crippen molar-refractivity contribution in [3.8, 4) is 17.2 Å². The van der Waals surface area contributed by atoms with Crippen LogP contribution in [0.3, 0.4) is 0 Å². The van der Waals surface area contributed by atoms with Gasteiger partial charge in [-0.1, -0.05) is 256 Å². The topological polar surface area (TPSA) is 82.6 Å². The molecule has 0 bridgehead atoms. The highest BCUT2D eigenvalue weighted by Gasteiger charge is 2.25. The monoisotopic (exact) mass is 1380 g/mol. The maximum atomic E-state index is 13.6. The van der Waals surface area contributed by atoms with Gasteiger partial charge in [0.05, 0.1) is 7.11 Å². The second-order valence-corrected chi connectivity index (χ2v) is 32.3. The minimum absolute atomic E-state index is 0.0273. The van der Waals surface area contributed by atoms with Crippen molar-refractivity contribution in [2.45, 2.75) is 209 Å². The normalized spacial score (nSPS) is 11.7. The molecule has 0 unspecified atom stereocenters. The molecular weight excluding hydrogens is 1280 g/mol. The molecule has 3 N–H and O–H groups in total. The maximum absolute atomic E-state index is 13.6. The lowest BCUT2D eigenvalue weighted by molar-refractivity contribution is 0.380. The number of H-pyrrole nitrogens is 1. The number of methoxy groups -OCH3 is 1. The molecule has 0 amide bonds. The van der Waals surface area contributed by atoms with Crippen LogP contribution in [0.2, 0.25) is 15.1 Å². The Hall–Kier alpha value is -6.73. The molecular formula is C80H103Cl3F7NO4. The van der Waals surface area contributed by atoms with E-state index in [0.29, 0.717) is 27.5 Å². The molecule has 0 aliphatic rings. The van der Waals surface area contributed by atoms with Crippen LogP contribution in [0.25, 0.3) is 0 Å². The zero-order chi connectivity index (χ0) is 73.8. The van der Waals surface area contributed by atoms with Crippen LogP contribution in [0, 0.1) is 40.7 Å². The summed E-state index contributed by atoms with van der Waals surface area (Å²) in [5.41, 5.74) is 6.78. The second kappa shape index (κ2) is 36.0. The molecule has 522 valence electrons. The summed E-state index contributed by atoms with van der Waals surface area (Å²) in [6.45, 7) is 48.7. The molecule has 0 saturated heterocycles. The van der Waals surface area contributed by atoms with Crippen molar-refractivity contribution >= 4 is 34.8 Å². The van der Waals surface area contributed by atoms with E-state index in [1.165, 1.54) is 60.7 Å². The number of aromatic amines is 1. The fourth-order valence-electron chi connectivity index (χ4n) is 8.50. The van der Waals surface area contributed by atoms with Gasteiger partial charge >= 0.3 is 0 Å². The first-order valence-corrected chi connectivity index (χ1v) is 32.3. The van der Waals surface area contributed by atoms with Gasteiger partial charge in [0.1, 0.15) is 46.3 Å². The third-order valence-electron chi connectivity index (χ3n) is 14.1. The Labute approximate surface area is 578 Å². The van der Waals surface area contributed by atoms with E-state index in [2.05, 4.69) is 100 Å². The summed E-state index contributed by atoms with van der Waals surface area (Å²) in [4.78, 5) is 13.3. The van der Waals surface area contributed by atoms with E-state index in [-0.39, 0.29) is 72.0 Å². The number of hydrogen-bond donors (Lipinski definition) is 3. The van der Waals surface area contributed by atoms with Gasteiger partial charge in [0.2, 0.25) is 5.56 Å². The molecule has 0 aliphatic heterocycles. The van der Waals surface area contributed by atoms with Crippen molar-refractivity contribution < 1.29 is 45.7 Å². The lowest BCUT2D eigenvalue weighted by Crippen LogP contribution is -2.15. The van der Waals surface area contributed by atoms with Crippen LogP contribution >= 0.6 is 34.8 Å². The summed E-state index contributed by atoms with van der Waals surface area (Å²) < 4.78 is 95.1. The number of pyridine rings is 1.